The molecule has 0 amide bonds. The van der Waals surface area contributed by atoms with E-state index in [-0.39, 0.29) is 6.61 Å². The molecule has 0 aromatic rings. The third-order valence-corrected chi connectivity index (χ3v) is 2.39. The molecule has 0 bridgehead atoms. The van der Waals surface area contributed by atoms with E-state index in [1.807, 2.05) is 20.8 Å². The van der Waals surface area contributed by atoms with Crippen LogP contribution in [0.2, 0.25) is 0 Å². The molecule has 0 aromatic heterocycles. The van der Waals surface area contributed by atoms with Crippen molar-refractivity contribution in [1.82, 2.24) is 0 Å². The average Bonchev–Trinajstić information content (AvgIpc) is 2.14. The smallest absolute Gasteiger partial charge is 0.333 e. The van der Waals surface area contributed by atoms with E-state index in [0.29, 0.717) is 5.57 Å². The summed E-state index contributed by atoms with van der Waals surface area (Å²) in [6.07, 6.45) is 1.19. The van der Waals surface area contributed by atoms with Gasteiger partial charge in [-0.2, -0.15) is 0 Å². The van der Waals surface area contributed by atoms with Crippen molar-refractivity contribution >= 4 is 5.97 Å². The molecule has 0 aliphatic heterocycles. The molecule has 0 aliphatic carbocycles. The molecule has 0 heterocycles. The van der Waals surface area contributed by atoms with Crippen LogP contribution in [-0.4, -0.2) is 23.8 Å². The predicted octanol–water partition coefficient (Wildman–Crippen LogP) is 2.29. The topological polar surface area (TPSA) is 46.5 Å². The summed E-state index contributed by atoms with van der Waals surface area (Å²) >= 11 is 0. The van der Waals surface area contributed by atoms with Gasteiger partial charge >= 0.3 is 5.97 Å². The molecule has 0 rings (SSSR count). The Morgan fingerprint density at radius 1 is 1.53 bits per heavy atom. The van der Waals surface area contributed by atoms with Gasteiger partial charge in [0, 0.05) is 11.0 Å². The highest BCUT2D eigenvalue weighted by Crippen LogP contribution is 2.24. The standard InChI is InChI=1S/C12H22O3/c1-6-7-10(13)12(4,5)8-15-11(14)9(2)3/h10,13H,2,6-8H2,1,3-5H3. The average molecular weight is 214 g/mol. The van der Waals surface area contributed by atoms with E-state index in [1.165, 1.54) is 0 Å². The molecule has 3 nitrogen and oxygen atoms in total. The van der Waals surface area contributed by atoms with Crippen LogP contribution in [0.5, 0.6) is 0 Å². The Morgan fingerprint density at radius 2 is 2.07 bits per heavy atom. The molecule has 3 heteroatoms. The van der Waals surface area contributed by atoms with Crippen LogP contribution in [0.15, 0.2) is 12.2 Å². The third kappa shape index (κ3) is 4.98. The van der Waals surface area contributed by atoms with Gasteiger partial charge in [0.1, 0.15) is 0 Å². The van der Waals surface area contributed by atoms with E-state index in [4.69, 9.17) is 4.74 Å². The van der Waals surface area contributed by atoms with Gasteiger partial charge in [0.2, 0.25) is 0 Å². The summed E-state index contributed by atoms with van der Waals surface area (Å²) in [6, 6.07) is 0. The number of rotatable bonds is 6. The molecule has 88 valence electrons. The van der Waals surface area contributed by atoms with Crippen LogP contribution in [-0.2, 0) is 9.53 Å². The van der Waals surface area contributed by atoms with Crippen LogP contribution in [0.25, 0.3) is 0 Å². The van der Waals surface area contributed by atoms with E-state index < -0.39 is 17.5 Å². The minimum atomic E-state index is -0.444. The number of aliphatic hydroxyl groups is 1. The van der Waals surface area contributed by atoms with Crippen molar-refractivity contribution in [3.8, 4) is 0 Å². The van der Waals surface area contributed by atoms with Crippen molar-refractivity contribution < 1.29 is 14.6 Å². The Bertz CT molecular complexity index is 231. The highest BCUT2D eigenvalue weighted by atomic mass is 16.5. The number of hydrogen-bond donors (Lipinski definition) is 1. The summed E-state index contributed by atoms with van der Waals surface area (Å²) in [6.45, 7) is 11.1. The first kappa shape index (κ1) is 14.2. The fourth-order valence-electron chi connectivity index (χ4n) is 1.14. The molecule has 0 aromatic carbocycles. The molecule has 1 N–H and O–H groups in total. The van der Waals surface area contributed by atoms with Crippen LogP contribution < -0.4 is 0 Å². The zero-order valence-electron chi connectivity index (χ0n) is 10.2. The Hall–Kier alpha value is -0.830. The first-order valence-electron chi connectivity index (χ1n) is 5.32. The van der Waals surface area contributed by atoms with Gasteiger partial charge in [-0.3, -0.25) is 0 Å². The molecule has 1 atom stereocenters. The van der Waals surface area contributed by atoms with Gasteiger partial charge in [0.15, 0.2) is 0 Å². The second kappa shape index (κ2) is 5.91. The van der Waals surface area contributed by atoms with Gasteiger partial charge in [-0.1, -0.05) is 33.8 Å². The van der Waals surface area contributed by atoms with E-state index >= 15 is 0 Å². The lowest BCUT2D eigenvalue weighted by Gasteiger charge is -2.29. The van der Waals surface area contributed by atoms with E-state index in [1.54, 1.807) is 6.92 Å². The van der Waals surface area contributed by atoms with Gasteiger partial charge in [-0.25, -0.2) is 4.79 Å². The van der Waals surface area contributed by atoms with Crippen molar-refractivity contribution in [2.24, 2.45) is 5.41 Å². The van der Waals surface area contributed by atoms with Gasteiger partial charge in [0.25, 0.3) is 0 Å². The fraction of sp³-hybridized carbons (Fsp3) is 0.750. The largest absolute Gasteiger partial charge is 0.462 e. The number of aliphatic hydroxyl groups excluding tert-OH is 1. The van der Waals surface area contributed by atoms with Crippen molar-refractivity contribution in [3.63, 3.8) is 0 Å². The SMILES string of the molecule is C=C(C)C(=O)OCC(C)(C)C(O)CCC. The Morgan fingerprint density at radius 3 is 2.47 bits per heavy atom. The first-order valence-corrected chi connectivity index (χ1v) is 5.32. The number of ether oxygens (including phenoxy) is 1. The van der Waals surface area contributed by atoms with E-state index in [9.17, 15) is 9.90 Å². The number of hydrogen-bond acceptors (Lipinski definition) is 3. The number of esters is 1. The van der Waals surface area contributed by atoms with Crippen LogP contribution >= 0.6 is 0 Å². The number of carbonyl (C=O) groups is 1. The van der Waals surface area contributed by atoms with Crippen molar-refractivity contribution in [3.05, 3.63) is 12.2 Å². The fourth-order valence-corrected chi connectivity index (χ4v) is 1.14. The van der Waals surface area contributed by atoms with Crippen molar-refractivity contribution in [2.75, 3.05) is 6.61 Å². The summed E-state index contributed by atoms with van der Waals surface area (Å²) in [4.78, 5) is 11.2. The molecular formula is C12H22O3. The predicted molar refractivity (Wildman–Crippen MR) is 60.5 cm³/mol. The van der Waals surface area contributed by atoms with Gasteiger partial charge in [-0.05, 0) is 13.3 Å². The highest BCUT2D eigenvalue weighted by Gasteiger charge is 2.28. The minimum Gasteiger partial charge on any atom is -0.462 e. The summed E-state index contributed by atoms with van der Waals surface area (Å²) in [5.74, 6) is -0.397. The Kier molecular flexibility index (Phi) is 5.58. The Balaban J connectivity index is 4.14. The molecule has 1 unspecified atom stereocenters. The zero-order chi connectivity index (χ0) is 12.1. The minimum absolute atomic E-state index is 0.222. The second-order valence-corrected chi connectivity index (χ2v) is 4.65. The summed E-state index contributed by atoms with van der Waals surface area (Å²) in [5.41, 5.74) is -0.0167. The maximum Gasteiger partial charge on any atom is 0.333 e. The van der Waals surface area contributed by atoms with Crippen LogP contribution in [0.4, 0.5) is 0 Å². The zero-order valence-corrected chi connectivity index (χ0v) is 10.2. The molecule has 15 heavy (non-hydrogen) atoms. The highest BCUT2D eigenvalue weighted by molar-refractivity contribution is 5.86. The van der Waals surface area contributed by atoms with Gasteiger partial charge in [-0.15, -0.1) is 0 Å². The lowest BCUT2D eigenvalue weighted by molar-refractivity contribution is -0.144. The van der Waals surface area contributed by atoms with Crippen molar-refractivity contribution in [1.29, 1.82) is 0 Å². The first-order chi connectivity index (χ1) is 6.81. The second-order valence-electron chi connectivity index (χ2n) is 4.65. The quantitative estimate of drug-likeness (QED) is 0.545. The maximum atomic E-state index is 11.2. The number of carbonyl (C=O) groups excluding carboxylic acids is 1. The molecule has 0 saturated heterocycles. The molecule has 0 saturated carbocycles. The van der Waals surface area contributed by atoms with Crippen LogP contribution in [0.3, 0.4) is 0 Å². The summed E-state index contributed by atoms with van der Waals surface area (Å²) in [5, 5.41) is 9.81. The van der Waals surface area contributed by atoms with E-state index in [2.05, 4.69) is 6.58 Å². The van der Waals surface area contributed by atoms with Gasteiger partial charge < -0.3 is 9.84 Å². The van der Waals surface area contributed by atoms with Crippen molar-refractivity contribution in [2.45, 2.75) is 46.6 Å². The molecule has 0 fully saturated rings. The van der Waals surface area contributed by atoms with Gasteiger partial charge in [0.05, 0.1) is 12.7 Å². The lowest BCUT2D eigenvalue weighted by Crippen LogP contribution is -2.34. The normalized spacial score (nSPS) is 13.4. The van der Waals surface area contributed by atoms with Crippen LogP contribution in [0.1, 0.15) is 40.5 Å². The lowest BCUT2D eigenvalue weighted by atomic mass is 9.85. The third-order valence-electron chi connectivity index (χ3n) is 2.39. The van der Waals surface area contributed by atoms with E-state index in [0.717, 1.165) is 12.8 Å². The molecule has 0 aliphatic rings. The molecular weight excluding hydrogens is 192 g/mol. The van der Waals surface area contributed by atoms with Crippen LogP contribution in [0, 0.1) is 5.41 Å². The summed E-state index contributed by atoms with van der Waals surface area (Å²) < 4.78 is 5.04. The molecule has 0 radical (unpaired) electrons. The maximum absolute atomic E-state index is 11.2. The summed E-state index contributed by atoms with van der Waals surface area (Å²) in [7, 11) is 0. The molecule has 0 spiro atoms. The monoisotopic (exact) mass is 214 g/mol. The Labute approximate surface area is 92.1 Å².